The van der Waals surface area contributed by atoms with Crippen molar-refractivity contribution in [2.24, 2.45) is 0 Å². The highest BCUT2D eigenvalue weighted by atomic mass is 16.3. The van der Waals surface area contributed by atoms with Crippen LogP contribution in [0.25, 0.3) is 22.2 Å². The third-order valence-electron chi connectivity index (χ3n) is 3.82. The van der Waals surface area contributed by atoms with E-state index in [1.165, 1.54) is 22.2 Å². The Kier molecular flexibility index (Phi) is 3.01. The van der Waals surface area contributed by atoms with E-state index in [0.717, 1.165) is 5.56 Å². The molecule has 1 N–H and O–H groups in total. The molecule has 20 heavy (non-hydrogen) atoms. The molecule has 2 heteroatoms. The number of aromatic nitrogens is 1. The van der Waals surface area contributed by atoms with Crippen LogP contribution in [0.1, 0.15) is 25.5 Å². The minimum atomic E-state index is 0.304. The van der Waals surface area contributed by atoms with Crippen LogP contribution in [0.5, 0.6) is 5.75 Å². The predicted octanol–water partition coefficient (Wildman–Crippen LogP) is 4.90. The first-order valence-electron chi connectivity index (χ1n) is 6.98. The summed E-state index contributed by atoms with van der Waals surface area (Å²) < 4.78 is 2.37. The Bertz CT molecular complexity index is 751. The number of fused-ring (bicyclic) bond motifs is 1. The van der Waals surface area contributed by atoms with E-state index in [1.807, 2.05) is 12.1 Å². The van der Waals surface area contributed by atoms with E-state index in [0.29, 0.717) is 11.8 Å². The molecule has 3 aromatic rings. The van der Waals surface area contributed by atoms with Gasteiger partial charge in [-0.25, -0.2) is 0 Å². The van der Waals surface area contributed by atoms with Crippen LogP contribution < -0.4 is 0 Å². The summed E-state index contributed by atoms with van der Waals surface area (Å²) in [7, 11) is 0. The first-order valence-corrected chi connectivity index (χ1v) is 6.98. The molecule has 0 saturated carbocycles. The Morgan fingerprint density at radius 3 is 2.25 bits per heavy atom. The third-order valence-corrected chi connectivity index (χ3v) is 3.82. The van der Waals surface area contributed by atoms with Gasteiger partial charge in [-0.2, -0.15) is 0 Å². The van der Waals surface area contributed by atoms with E-state index < -0.39 is 0 Å². The summed E-state index contributed by atoms with van der Waals surface area (Å²) in [5.41, 5.74) is 4.94. The maximum atomic E-state index is 9.48. The monoisotopic (exact) mass is 265 g/mol. The first-order chi connectivity index (χ1) is 9.59. The molecule has 0 fully saturated rings. The van der Waals surface area contributed by atoms with Crippen molar-refractivity contribution < 1.29 is 5.11 Å². The van der Waals surface area contributed by atoms with Gasteiger partial charge in [0, 0.05) is 16.9 Å². The summed E-state index contributed by atoms with van der Waals surface area (Å²) in [5.74, 6) is 0.304. The van der Waals surface area contributed by atoms with Crippen molar-refractivity contribution in [2.45, 2.75) is 26.8 Å². The van der Waals surface area contributed by atoms with Crippen LogP contribution in [-0.4, -0.2) is 9.67 Å². The lowest BCUT2D eigenvalue weighted by Gasteiger charge is -2.15. The fourth-order valence-electron chi connectivity index (χ4n) is 2.94. The van der Waals surface area contributed by atoms with Gasteiger partial charge in [0.05, 0.1) is 5.69 Å². The van der Waals surface area contributed by atoms with Gasteiger partial charge in [-0.15, -0.1) is 0 Å². The third kappa shape index (κ3) is 1.88. The summed E-state index contributed by atoms with van der Waals surface area (Å²) in [4.78, 5) is 0. The van der Waals surface area contributed by atoms with Crippen LogP contribution in [-0.2, 0) is 0 Å². The standard InChI is InChI=1S/C18H19NO/c1-12(2)19-17-7-5-4-6-16(17)13(3)18(19)14-8-10-15(20)11-9-14/h4-12,20H,1-3H3. The molecule has 0 amide bonds. The molecule has 0 aliphatic carbocycles. The summed E-state index contributed by atoms with van der Waals surface area (Å²) in [6.07, 6.45) is 0. The lowest BCUT2D eigenvalue weighted by Crippen LogP contribution is -2.02. The molecule has 3 rings (SSSR count). The molecule has 102 valence electrons. The van der Waals surface area contributed by atoms with Crippen molar-refractivity contribution >= 4 is 10.9 Å². The average molecular weight is 265 g/mol. The van der Waals surface area contributed by atoms with Gasteiger partial charge in [0.15, 0.2) is 0 Å². The molecule has 0 atom stereocenters. The van der Waals surface area contributed by atoms with Gasteiger partial charge >= 0.3 is 0 Å². The SMILES string of the molecule is Cc1c(-c2ccc(O)cc2)n(C(C)C)c2ccccc12. The van der Waals surface area contributed by atoms with Crippen molar-refractivity contribution in [3.8, 4) is 17.0 Å². The van der Waals surface area contributed by atoms with E-state index in [1.54, 1.807) is 12.1 Å². The molecule has 0 spiro atoms. The van der Waals surface area contributed by atoms with Gasteiger partial charge < -0.3 is 9.67 Å². The number of hydrogen-bond acceptors (Lipinski definition) is 1. The lowest BCUT2D eigenvalue weighted by atomic mass is 10.1. The number of phenols is 1. The van der Waals surface area contributed by atoms with Gasteiger partial charge in [-0.3, -0.25) is 0 Å². The predicted molar refractivity (Wildman–Crippen MR) is 84.2 cm³/mol. The van der Waals surface area contributed by atoms with E-state index >= 15 is 0 Å². The normalized spacial score (nSPS) is 11.4. The van der Waals surface area contributed by atoms with Crippen LogP contribution in [0.4, 0.5) is 0 Å². The minimum absolute atomic E-state index is 0.304. The Morgan fingerprint density at radius 2 is 1.60 bits per heavy atom. The van der Waals surface area contributed by atoms with E-state index in [2.05, 4.69) is 49.6 Å². The lowest BCUT2D eigenvalue weighted by molar-refractivity contribution is 0.475. The quantitative estimate of drug-likeness (QED) is 0.700. The first kappa shape index (κ1) is 12.8. The van der Waals surface area contributed by atoms with Crippen molar-refractivity contribution in [3.05, 3.63) is 54.1 Å². The van der Waals surface area contributed by atoms with Crippen LogP contribution in [0.2, 0.25) is 0 Å². The number of rotatable bonds is 2. The Labute approximate surface area is 119 Å². The second kappa shape index (κ2) is 4.71. The van der Waals surface area contributed by atoms with E-state index in [9.17, 15) is 5.11 Å². The van der Waals surface area contributed by atoms with Gasteiger partial charge in [0.2, 0.25) is 0 Å². The highest BCUT2D eigenvalue weighted by molar-refractivity contribution is 5.91. The molecule has 0 aliphatic heterocycles. The second-order valence-electron chi connectivity index (χ2n) is 5.50. The second-order valence-corrected chi connectivity index (χ2v) is 5.50. The van der Waals surface area contributed by atoms with Crippen molar-refractivity contribution in [2.75, 3.05) is 0 Å². The number of benzene rings is 2. The zero-order valence-corrected chi connectivity index (χ0v) is 12.1. The maximum Gasteiger partial charge on any atom is 0.115 e. The van der Waals surface area contributed by atoms with E-state index in [-0.39, 0.29) is 0 Å². The topological polar surface area (TPSA) is 25.2 Å². The van der Waals surface area contributed by atoms with Gasteiger partial charge in [0.1, 0.15) is 5.75 Å². The Morgan fingerprint density at radius 1 is 0.950 bits per heavy atom. The molecule has 0 saturated heterocycles. The highest BCUT2D eigenvalue weighted by Gasteiger charge is 2.17. The number of aryl methyl sites for hydroxylation is 1. The molecule has 2 nitrogen and oxygen atoms in total. The number of aromatic hydroxyl groups is 1. The van der Waals surface area contributed by atoms with Gasteiger partial charge in [0.25, 0.3) is 0 Å². The molecule has 1 aromatic heterocycles. The number of hydrogen-bond donors (Lipinski definition) is 1. The van der Waals surface area contributed by atoms with Crippen LogP contribution in [0.15, 0.2) is 48.5 Å². The fourth-order valence-corrected chi connectivity index (χ4v) is 2.94. The summed E-state index contributed by atoms with van der Waals surface area (Å²) in [5, 5.41) is 10.8. The minimum Gasteiger partial charge on any atom is -0.508 e. The van der Waals surface area contributed by atoms with Crippen LogP contribution in [0, 0.1) is 6.92 Å². The maximum absolute atomic E-state index is 9.48. The average Bonchev–Trinajstić information content (AvgIpc) is 2.74. The van der Waals surface area contributed by atoms with E-state index in [4.69, 9.17) is 0 Å². The van der Waals surface area contributed by atoms with Gasteiger partial charge in [-0.05, 0) is 62.2 Å². The molecule has 2 aromatic carbocycles. The van der Waals surface area contributed by atoms with Crippen LogP contribution >= 0.6 is 0 Å². The van der Waals surface area contributed by atoms with Crippen molar-refractivity contribution in [1.29, 1.82) is 0 Å². The Hall–Kier alpha value is -2.22. The zero-order valence-electron chi connectivity index (χ0n) is 12.1. The molecule has 0 aliphatic rings. The largest absolute Gasteiger partial charge is 0.508 e. The number of nitrogens with zero attached hydrogens (tertiary/aromatic N) is 1. The molecule has 0 unspecified atom stereocenters. The summed E-state index contributed by atoms with van der Waals surface area (Å²) in [6.45, 7) is 6.58. The van der Waals surface area contributed by atoms with Crippen molar-refractivity contribution in [3.63, 3.8) is 0 Å². The number of para-hydroxylation sites is 1. The summed E-state index contributed by atoms with van der Waals surface area (Å²) in [6, 6.07) is 16.4. The Balaban J connectivity index is 2.36. The zero-order chi connectivity index (χ0) is 14.3. The molecule has 0 bridgehead atoms. The number of phenolic OH excluding ortho intramolecular Hbond substituents is 1. The van der Waals surface area contributed by atoms with Crippen LogP contribution in [0.3, 0.4) is 0 Å². The molecule has 0 radical (unpaired) electrons. The fraction of sp³-hybridized carbons (Fsp3) is 0.222. The summed E-state index contributed by atoms with van der Waals surface area (Å²) >= 11 is 0. The van der Waals surface area contributed by atoms with Gasteiger partial charge in [-0.1, -0.05) is 18.2 Å². The molecule has 1 heterocycles. The molecular formula is C18H19NO. The van der Waals surface area contributed by atoms with Crippen molar-refractivity contribution in [1.82, 2.24) is 4.57 Å². The molecular weight excluding hydrogens is 246 g/mol. The highest BCUT2D eigenvalue weighted by Crippen LogP contribution is 2.36. The smallest absolute Gasteiger partial charge is 0.115 e.